The summed E-state index contributed by atoms with van der Waals surface area (Å²) in [5.74, 6) is -0.778. The highest BCUT2D eigenvalue weighted by molar-refractivity contribution is 7.81. The Labute approximate surface area is 92.6 Å². The summed E-state index contributed by atoms with van der Waals surface area (Å²) in [6.45, 7) is 0. The van der Waals surface area contributed by atoms with Crippen molar-refractivity contribution < 1.29 is 9.90 Å². The smallest absolute Gasteiger partial charge is 0.303 e. The molecule has 1 aromatic heterocycles. The second-order valence-corrected chi connectivity index (χ2v) is 3.80. The molecule has 0 aromatic carbocycles. The minimum atomic E-state index is -0.778. The van der Waals surface area contributed by atoms with Gasteiger partial charge >= 0.3 is 5.97 Å². The van der Waals surface area contributed by atoms with Gasteiger partial charge < -0.3 is 10.1 Å². The number of nitrogens with one attached hydrogen (secondary N) is 1. The third kappa shape index (κ3) is 3.16. The van der Waals surface area contributed by atoms with Gasteiger partial charge in [-0.1, -0.05) is 12.2 Å². The molecule has 1 heterocycles. The number of aliphatic carboxylic acids is 1. The third-order valence-electron chi connectivity index (χ3n) is 1.83. The van der Waals surface area contributed by atoms with E-state index < -0.39 is 5.97 Å². The molecule has 0 aliphatic carbocycles. The second kappa shape index (κ2) is 5.17. The van der Waals surface area contributed by atoms with E-state index in [1.165, 1.54) is 0 Å². The number of H-pyrrole nitrogens is 1. The fraction of sp³-hybridized carbons (Fsp3) is 0.333. The van der Waals surface area contributed by atoms with Crippen molar-refractivity contribution >= 4 is 30.8 Å². The Hall–Kier alpha value is -0.810. The molecule has 0 spiro atoms. The average Bonchev–Trinajstić information content (AvgIpc) is 2.12. The summed E-state index contributed by atoms with van der Waals surface area (Å²) in [5.41, 5.74) is 0.905. The molecule has 5 heteroatoms. The van der Waals surface area contributed by atoms with Crippen molar-refractivity contribution in [3.05, 3.63) is 22.5 Å². The molecule has 0 aliphatic heterocycles. The van der Waals surface area contributed by atoms with Crippen molar-refractivity contribution in [1.82, 2.24) is 4.98 Å². The second-order valence-electron chi connectivity index (χ2n) is 2.92. The highest BCUT2D eigenvalue weighted by Gasteiger charge is 2.02. The van der Waals surface area contributed by atoms with E-state index in [2.05, 4.69) is 17.6 Å². The zero-order chi connectivity index (χ0) is 10.6. The van der Waals surface area contributed by atoms with Crippen LogP contribution >= 0.6 is 24.8 Å². The van der Waals surface area contributed by atoms with Crippen molar-refractivity contribution in [2.24, 2.45) is 0 Å². The molecule has 76 valence electrons. The van der Waals surface area contributed by atoms with Crippen molar-refractivity contribution in [2.75, 3.05) is 0 Å². The van der Waals surface area contributed by atoms with Gasteiger partial charge in [0.05, 0.1) is 4.51 Å². The van der Waals surface area contributed by atoms with Crippen LogP contribution in [-0.2, 0) is 11.2 Å². The van der Waals surface area contributed by atoms with E-state index in [9.17, 15) is 4.79 Å². The third-order valence-corrected chi connectivity index (χ3v) is 2.83. The van der Waals surface area contributed by atoms with Gasteiger partial charge in [-0.2, -0.15) is 0 Å². The number of carboxylic acid groups (broad SMARTS) is 1. The molecule has 0 unspecified atom stereocenters. The van der Waals surface area contributed by atoms with Crippen LogP contribution < -0.4 is 0 Å². The molecule has 0 bridgehead atoms. The van der Waals surface area contributed by atoms with E-state index in [1.54, 1.807) is 12.3 Å². The van der Waals surface area contributed by atoms with E-state index in [0.29, 0.717) is 17.4 Å². The van der Waals surface area contributed by atoms with E-state index >= 15 is 0 Å². The SMILES string of the molecule is O=C(O)CCCc1[nH]ccc(=S)c1S. The van der Waals surface area contributed by atoms with Gasteiger partial charge in [-0.15, -0.1) is 12.6 Å². The Morgan fingerprint density at radius 2 is 2.36 bits per heavy atom. The fourth-order valence-electron chi connectivity index (χ4n) is 1.12. The Morgan fingerprint density at radius 1 is 1.64 bits per heavy atom. The highest BCUT2D eigenvalue weighted by atomic mass is 32.1. The number of pyridine rings is 1. The van der Waals surface area contributed by atoms with Crippen LogP contribution in [0.15, 0.2) is 17.2 Å². The molecule has 0 aliphatic rings. The Balaban J connectivity index is 2.63. The number of hydrogen-bond donors (Lipinski definition) is 3. The van der Waals surface area contributed by atoms with Gasteiger partial charge in [0, 0.05) is 23.2 Å². The number of aryl methyl sites for hydroxylation is 1. The van der Waals surface area contributed by atoms with Gasteiger partial charge in [-0.05, 0) is 18.9 Å². The zero-order valence-electron chi connectivity index (χ0n) is 7.49. The first-order valence-corrected chi connectivity index (χ1v) is 5.08. The summed E-state index contributed by atoms with van der Waals surface area (Å²) in [6.07, 6.45) is 3.18. The van der Waals surface area contributed by atoms with Gasteiger partial charge in [0.25, 0.3) is 0 Å². The topological polar surface area (TPSA) is 53.1 Å². The quantitative estimate of drug-likeness (QED) is 0.549. The maximum atomic E-state index is 10.3. The predicted octanol–water partition coefficient (Wildman–Crippen LogP) is 2.44. The molecule has 1 rings (SSSR count). The van der Waals surface area contributed by atoms with Crippen molar-refractivity contribution in [2.45, 2.75) is 24.2 Å². The van der Waals surface area contributed by atoms with Gasteiger partial charge in [0.2, 0.25) is 0 Å². The van der Waals surface area contributed by atoms with Crippen molar-refractivity contribution in [3.8, 4) is 0 Å². The Bertz CT molecular complexity index is 387. The van der Waals surface area contributed by atoms with Crippen LogP contribution in [0.5, 0.6) is 0 Å². The molecule has 0 radical (unpaired) electrons. The lowest BCUT2D eigenvalue weighted by Crippen LogP contribution is -1.98. The maximum Gasteiger partial charge on any atom is 0.303 e. The lowest BCUT2D eigenvalue weighted by atomic mass is 10.2. The van der Waals surface area contributed by atoms with E-state index in [4.69, 9.17) is 17.3 Å². The molecular formula is C9H11NO2S2. The minimum absolute atomic E-state index is 0.169. The number of aromatic nitrogens is 1. The van der Waals surface area contributed by atoms with Crippen molar-refractivity contribution in [1.29, 1.82) is 0 Å². The molecule has 1 aromatic rings. The Morgan fingerprint density at radius 3 is 3.00 bits per heavy atom. The van der Waals surface area contributed by atoms with E-state index in [-0.39, 0.29) is 6.42 Å². The molecule has 3 nitrogen and oxygen atoms in total. The van der Waals surface area contributed by atoms with Gasteiger partial charge in [0.1, 0.15) is 0 Å². The molecule has 0 amide bonds. The molecular weight excluding hydrogens is 218 g/mol. The summed E-state index contributed by atoms with van der Waals surface area (Å²) in [5, 5.41) is 8.47. The van der Waals surface area contributed by atoms with Crippen LogP contribution in [0.2, 0.25) is 0 Å². The summed E-state index contributed by atoms with van der Waals surface area (Å²) in [7, 11) is 0. The van der Waals surface area contributed by atoms with Crippen LogP contribution in [-0.4, -0.2) is 16.1 Å². The molecule has 2 N–H and O–H groups in total. The van der Waals surface area contributed by atoms with E-state index in [0.717, 1.165) is 10.6 Å². The number of thiol groups is 1. The first-order valence-electron chi connectivity index (χ1n) is 4.22. The maximum absolute atomic E-state index is 10.3. The molecule has 0 atom stereocenters. The molecule has 0 fully saturated rings. The largest absolute Gasteiger partial charge is 0.481 e. The predicted molar refractivity (Wildman–Crippen MR) is 59.5 cm³/mol. The number of carbonyl (C=O) groups is 1. The van der Waals surface area contributed by atoms with E-state index in [1.807, 2.05) is 0 Å². The minimum Gasteiger partial charge on any atom is -0.481 e. The lowest BCUT2D eigenvalue weighted by molar-refractivity contribution is -0.137. The van der Waals surface area contributed by atoms with Gasteiger partial charge in [-0.25, -0.2) is 0 Å². The monoisotopic (exact) mass is 229 g/mol. The van der Waals surface area contributed by atoms with Crippen molar-refractivity contribution in [3.63, 3.8) is 0 Å². The molecule has 0 saturated carbocycles. The highest BCUT2D eigenvalue weighted by Crippen LogP contribution is 2.14. The van der Waals surface area contributed by atoms with Crippen LogP contribution in [0, 0.1) is 4.51 Å². The lowest BCUT2D eigenvalue weighted by Gasteiger charge is -2.03. The first kappa shape index (κ1) is 11.3. The standard InChI is InChI=1S/C9H11NO2S2/c11-8(12)3-1-2-6-9(14)7(13)4-5-10-6/h4-5,14H,1-3H2,(H,10,13)(H,11,12). The number of hydrogen-bond acceptors (Lipinski definition) is 3. The number of rotatable bonds is 4. The normalized spacial score (nSPS) is 10.1. The average molecular weight is 229 g/mol. The summed E-state index contributed by atoms with van der Waals surface area (Å²) in [4.78, 5) is 14.1. The van der Waals surface area contributed by atoms with Gasteiger partial charge in [0.15, 0.2) is 0 Å². The van der Waals surface area contributed by atoms with Crippen LogP contribution in [0.3, 0.4) is 0 Å². The molecule has 14 heavy (non-hydrogen) atoms. The zero-order valence-corrected chi connectivity index (χ0v) is 9.20. The summed E-state index contributed by atoms with van der Waals surface area (Å²) < 4.78 is 0.692. The van der Waals surface area contributed by atoms with Crippen LogP contribution in [0.25, 0.3) is 0 Å². The summed E-state index contributed by atoms with van der Waals surface area (Å²) >= 11 is 9.28. The first-order chi connectivity index (χ1) is 6.61. The number of carboxylic acids is 1. The Kier molecular flexibility index (Phi) is 4.16. The van der Waals surface area contributed by atoms with Gasteiger partial charge in [-0.3, -0.25) is 4.79 Å². The molecule has 0 saturated heterocycles. The van der Waals surface area contributed by atoms with Crippen LogP contribution in [0.1, 0.15) is 18.5 Å². The fourth-order valence-corrected chi connectivity index (χ4v) is 1.56. The number of aromatic amines is 1. The summed E-state index contributed by atoms with van der Waals surface area (Å²) in [6, 6.07) is 1.76. The van der Waals surface area contributed by atoms with Crippen LogP contribution in [0.4, 0.5) is 0 Å².